The van der Waals surface area contributed by atoms with Crippen LogP contribution in [0.3, 0.4) is 0 Å². The van der Waals surface area contributed by atoms with E-state index < -0.39 is 0 Å². The lowest BCUT2D eigenvalue weighted by Crippen LogP contribution is -2.37. The summed E-state index contributed by atoms with van der Waals surface area (Å²) in [6.07, 6.45) is 1.84. The maximum absolute atomic E-state index is 12.7. The summed E-state index contributed by atoms with van der Waals surface area (Å²) in [4.78, 5) is 28.2. The zero-order chi connectivity index (χ0) is 19.4. The first-order valence-electron chi connectivity index (χ1n) is 9.18. The van der Waals surface area contributed by atoms with Gasteiger partial charge in [-0.3, -0.25) is 9.59 Å². The number of nitrogens with zero attached hydrogens (tertiary/aromatic N) is 2. The number of carbonyl (C=O) groups is 2. The van der Waals surface area contributed by atoms with E-state index in [2.05, 4.69) is 6.07 Å². The van der Waals surface area contributed by atoms with Gasteiger partial charge in [0.15, 0.2) is 0 Å². The van der Waals surface area contributed by atoms with Crippen LogP contribution in [0.5, 0.6) is 5.75 Å². The molecule has 1 aliphatic rings. The predicted molar refractivity (Wildman–Crippen MR) is 101 cm³/mol. The van der Waals surface area contributed by atoms with Crippen LogP contribution in [0.25, 0.3) is 0 Å². The SMILES string of the molecule is Cc1cc(C)cc(OCCN(C)C(=O)C2CC(=O)N(Cc3ccco3)C2)c1. The van der Waals surface area contributed by atoms with Crippen molar-refractivity contribution in [1.29, 1.82) is 0 Å². The summed E-state index contributed by atoms with van der Waals surface area (Å²) in [5.41, 5.74) is 2.30. The quantitative estimate of drug-likeness (QED) is 0.752. The molecule has 144 valence electrons. The minimum Gasteiger partial charge on any atom is -0.492 e. The molecule has 1 aromatic heterocycles. The fourth-order valence-corrected chi connectivity index (χ4v) is 3.42. The van der Waals surface area contributed by atoms with Gasteiger partial charge in [-0.1, -0.05) is 6.07 Å². The molecule has 2 aromatic rings. The molecule has 1 unspecified atom stereocenters. The number of rotatable bonds is 7. The summed E-state index contributed by atoms with van der Waals surface area (Å²) >= 11 is 0. The minimum atomic E-state index is -0.307. The van der Waals surface area contributed by atoms with Crippen LogP contribution < -0.4 is 4.74 Å². The molecule has 0 spiro atoms. The Kier molecular flexibility index (Phi) is 5.84. The molecule has 1 atom stereocenters. The lowest BCUT2D eigenvalue weighted by Gasteiger charge is -2.21. The lowest BCUT2D eigenvalue weighted by atomic mass is 10.1. The number of aryl methyl sites for hydroxylation is 2. The highest BCUT2D eigenvalue weighted by molar-refractivity contribution is 5.89. The average Bonchev–Trinajstić information content (AvgIpc) is 3.24. The van der Waals surface area contributed by atoms with E-state index >= 15 is 0 Å². The van der Waals surface area contributed by atoms with Gasteiger partial charge in [0.1, 0.15) is 18.1 Å². The molecule has 6 nitrogen and oxygen atoms in total. The molecule has 0 saturated carbocycles. The third-order valence-electron chi connectivity index (χ3n) is 4.76. The molecule has 1 aliphatic heterocycles. The molecule has 0 N–H and O–H groups in total. The first-order valence-corrected chi connectivity index (χ1v) is 9.18. The molecule has 2 heterocycles. The van der Waals surface area contributed by atoms with Gasteiger partial charge in [0, 0.05) is 20.0 Å². The van der Waals surface area contributed by atoms with Crippen LogP contribution in [-0.4, -0.2) is 48.4 Å². The van der Waals surface area contributed by atoms with Crippen LogP contribution >= 0.6 is 0 Å². The van der Waals surface area contributed by atoms with Gasteiger partial charge < -0.3 is 19.0 Å². The molecule has 0 aliphatic carbocycles. The fraction of sp³-hybridized carbons (Fsp3) is 0.429. The van der Waals surface area contributed by atoms with Crippen molar-refractivity contribution < 1.29 is 18.7 Å². The molecular formula is C21H26N2O4. The molecule has 1 aromatic carbocycles. The van der Waals surface area contributed by atoms with E-state index in [1.807, 2.05) is 32.0 Å². The van der Waals surface area contributed by atoms with Crippen LogP contribution in [0.2, 0.25) is 0 Å². The van der Waals surface area contributed by atoms with Crippen LogP contribution in [0.4, 0.5) is 0 Å². The molecule has 1 saturated heterocycles. The molecule has 27 heavy (non-hydrogen) atoms. The van der Waals surface area contributed by atoms with E-state index in [4.69, 9.17) is 9.15 Å². The second-order valence-corrected chi connectivity index (χ2v) is 7.19. The summed E-state index contributed by atoms with van der Waals surface area (Å²) in [7, 11) is 1.76. The third-order valence-corrected chi connectivity index (χ3v) is 4.76. The van der Waals surface area contributed by atoms with Crippen molar-refractivity contribution >= 4 is 11.8 Å². The Labute approximate surface area is 159 Å². The van der Waals surface area contributed by atoms with Crippen molar-refractivity contribution in [2.24, 2.45) is 5.92 Å². The normalized spacial score (nSPS) is 16.6. The smallest absolute Gasteiger partial charge is 0.227 e. The molecule has 2 amide bonds. The molecule has 0 bridgehead atoms. The van der Waals surface area contributed by atoms with Gasteiger partial charge in [0.05, 0.1) is 25.3 Å². The van der Waals surface area contributed by atoms with Gasteiger partial charge >= 0.3 is 0 Å². The van der Waals surface area contributed by atoms with Crippen molar-refractivity contribution in [3.8, 4) is 5.75 Å². The van der Waals surface area contributed by atoms with Gasteiger partial charge in [0.2, 0.25) is 11.8 Å². The second-order valence-electron chi connectivity index (χ2n) is 7.19. The number of ether oxygens (including phenoxy) is 1. The standard InChI is InChI=1S/C21H26N2O4/c1-15-9-16(2)11-19(10-15)27-8-6-22(3)21(25)17-12-20(24)23(13-17)14-18-5-4-7-26-18/h4-5,7,9-11,17H,6,8,12-14H2,1-3H3. The molecule has 1 fully saturated rings. The van der Waals surface area contributed by atoms with Gasteiger partial charge in [-0.2, -0.15) is 0 Å². The topological polar surface area (TPSA) is 63.0 Å². The maximum Gasteiger partial charge on any atom is 0.227 e. The second kappa shape index (κ2) is 8.29. The Morgan fingerprint density at radius 3 is 2.70 bits per heavy atom. The summed E-state index contributed by atoms with van der Waals surface area (Å²) < 4.78 is 11.1. The number of carbonyl (C=O) groups excluding carboxylic acids is 2. The molecule has 3 rings (SSSR count). The Bertz CT molecular complexity index is 780. The number of benzene rings is 1. The fourth-order valence-electron chi connectivity index (χ4n) is 3.42. The summed E-state index contributed by atoms with van der Waals surface area (Å²) in [6.45, 7) is 5.80. The lowest BCUT2D eigenvalue weighted by molar-refractivity contribution is -0.134. The Morgan fingerprint density at radius 2 is 2.04 bits per heavy atom. The predicted octanol–water partition coefficient (Wildman–Crippen LogP) is 2.78. The highest BCUT2D eigenvalue weighted by atomic mass is 16.5. The Balaban J connectivity index is 1.47. The van der Waals surface area contributed by atoms with Crippen LogP contribution in [-0.2, 0) is 16.1 Å². The monoisotopic (exact) mass is 370 g/mol. The molecular weight excluding hydrogens is 344 g/mol. The van der Waals surface area contributed by atoms with Gasteiger partial charge in [-0.05, 0) is 49.2 Å². The highest BCUT2D eigenvalue weighted by Crippen LogP contribution is 2.22. The number of hydrogen-bond acceptors (Lipinski definition) is 4. The highest BCUT2D eigenvalue weighted by Gasteiger charge is 2.35. The van der Waals surface area contributed by atoms with Gasteiger partial charge in [0.25, 0.3) is 0 Å². The van der Waals surface area contributed by atoms with Crippen LogP contribution in [0.15, 0.2) is 41.0 Å². The summed E-state index contributed by atoms with van der Waals surface area (Å²) in [5.74, 6) is 1.21. The van der Waals surface area contributed by atoms with Crippen molar-refractivity contribution in [3.63, 3.8) is 0 Å². The van der Waals surface area contributed by atoms with Crippen LogP contribution in [0.1, 0.15) is 23.3 Å². The number of likely N-dealkylation sites (N-methyl/N-ethyl adjacent to an activating group) is 1. The minimum absolute atomic E-state index is 0.00960. The first-order chi connectivity index (χ1) is 12.9. The number of amides is 2. The van der Waals surface area contributed by atoms with Crippen molar-refractivity contribution in [1.82, 2.24) is 9.80 Å². The largest absolute Gasteiger partial charge is 0.492 e. The zero-order valence-electron chi connectivity index (χ0n) is 16.1. The van der Waals surface area contributed by atoms with E-state index in [0.29, 0.717) is 26.2 Å². The maximum atomic E-state index is 12.7. The van der Waals surface area contributed by atoms with E-state index in [1.165, 1.54) is 0 Å². The summed E-state index contributed by atoms with van der Waals surface area (Å²) in [6, 6.07) is 9.68. The number of likely N-dealkylation sites (tertiary alicyclic amines) is 1. The van der Waals surface area contributed by atoms with E-state index in [0.717, 1.165) is 22.6 Å². The van der Waals surface area contributed by atoms with E-state index in [-0.39, 0.29) is 24.2 Å². The summed E-state index contributed by atoms with van der Waals surface area (Å²) in [5, 5.41) is 0. The van der Waals surface area contributed by atoms with Crippen molar-refractivity contribution in [2.75, 3.05) is 26.7 Å². The molecule has 0 radical (unpaired) electrons. The Hall–Kier alpha value is -2.76. The number of hydrogen-bond donors (Lipinski definition) is 0. The Morgan fingerprint density at radius 1 is 1.30 bits per heavy atom. The number of furan rings is 1. The van der Waals surface area contributed by atoms with Crippen LogP contribution in [0, 0.1) is 19.8 Å². The van der Waals surface area contributed by atoms with E-state index in [1.54, 1.807) is 29.2 Å². The van der Waals surface area contributed by atoms with E-state index in [9.17, 15) is 9.59 Å². The zero-order valence-corrected chi connectivity index (χ0v) is 16.1. The average molecular weight is 370 g/mol. The molecule has 6 heteroatoms. The van der Waals surface area contributed by atoms with Crippen molar-refractivity contribution in [2.45, 2.75) is 26.8 Å². The van der Waals surface area contributed by atoms with Gasteiger partial charge in [-0.15, -0.1) is 0 Å². The third kappa shape index (κ3) is 4.90. The van der Waals surface area contributed by atoms with Crippen molar-refractivity contribution in [3.05, 3.63) is 53.5 Å². The van der Waals surface area contributed by atoms with Gasteiger partial charge in [-0.25, -0.2) is 0 Å². The first kappa shape index (κ1) is 19.0.